The van der Waals surface area contributed by atoms with Crippen molar-refractivity contribution in [3.05, 3.63) is 64.7 Å². The van der Waals surface area contributed by atoms with Crippen LogP contribution in [0.4, 0.5) is 18.9 Å². The van der Waals surface area contributed by atoms with Crippen LogP contribution in [0.1, 0.15) is 39.9 Å². The van der Waals surface area contributed by atoms with E-state index in [0.717, 1.165) is 50.2 Å². The van der Waals surface area contributed by atoms with Crippen LogP contribution in [0.15, 0.2) is 42.5 Å². The van der Waals surface area contributed by atoms with Gasteiger partial charge >= 0.3 is 6.18 Å². The Morgan fingerprint density at radius 2 is 1.76 bits per heavy atom. The van der Waals surface area contributed by atoms with Gasteiger partial charge in [-0.3, -0.25) is 14.5 Å². The van der Waals surface area contributed by atoms with E-state index in [1.165, 1.54) is 0 Å². The number of nitrogens with one attached hydrogen (secondary N) is 2. The van der Waals surface area contributed by atoms with Gasteiger partial charge in [-0.25, -0.2) is 0 Å². The lowest BCUT2D eigenvalue weighted by Crippen LogP contribution is -2.41. The molecule has 1 heterocycles. The van der Waals surface area contributed by atoms with Gasteiger partial charge in [0.25, 0.3) is 5.91 Å². The summed E-state index contributed by atoms with van der Waals surface area (Å²) >= 11 is 0. The van der Waals surface area contributed by atoms with Crippen LogP contribution >= 0.6 is 0 Å². The molecular weight excluding hydrogens is 447 g/mol. The van der Waals surface area contributed by atoms with Crippen LogP contribution in [0.25, 0.3) is 0 Å². The number of hydrogen-bond donors (Lipinski definition) is 3. The first-order valence-corrected chi connectivity index (χ1v) is 10.9. The van der Waals surface area contributed by atoms with Gasteiger partial charge in [-0.2, -0.15) is 18.4 Å². The predicted octanol–water partition coefficient (Wildman–Crippen LogP) is 2.92. The van der Waals surface area contributed by atoms with E-state index in [1.807, 2.05) is 12.1 Å². The zero-order valence-electron chi connectivity index (χ0n) is 18.5. The van der Waals surface area contributed by atoms with Gasteiger partial charge in [0.1, 0.15) is 0 Å². The molecule has 1 aliphatic heterocycles. The zero-order chi connectivity index (χ0) is 24.7. The van der Waals surface area contributed by atoms with Crippen molar-refractivity contribution in [2.24, 2.45) is 5.92 Å². The first-order chi connectivity index (χ1) is 16.2. The molecule has 2 aromatic carbocycles. The van der Waals surface area contributed by atoms with E-state index in [9.17, 15) is 22.8 Å². The maximum Gasteiger partial charge on any atom is 0.416 e. The van der Waals surface area contributed by atoms with Crippen LogP contribution in [-0.4, -0.2) is 42.9 Å². The van der Waals surface area contributed by atoms with Gasteiger partial charge < -0.3 is 16.4 Å². The monoisotopic (exact) mass is 473 g/mol. The van der Waals surface area contributed by atoms with Gasteiger partial charge in [-0.1, -0.05) is 12.1 Å². The van der Waals surface area contributed by atoms with Crippen molar-refractivity contribution in [1.82, 2.24) is 15.5 Å². The van der Waals surface area contributed by atoms with E-state index in [1.54, 1.807) is 12.1 Å². The van der Waals surface area contributed by atoms with Crippen LogP contribution in [0.5, 0.6) is 0 Å². The molecule has 4 N–H and O–H groups in total. The normalized spacial score (nSPS) is 14.9. The summed E-state index contributed by atoms with van der Waals surface area (Å²) in [7, 11) is 0. The molecule has 0 bridgehead atoms. The smallest absolute Gasteiger partial charge is 0.398 e. The number of likely N-dealkylation sites (tertiary alicyclic amines) is 1. The summed E-state index contributed by atoms with van der Waals surface area (Å²) in [5.74, 6) is -0.954. The number of benzene rings is 2. The van der Waals surface area contributed by atoms with Gasteiger partial charge in [0.15, 0.2) is 0 Å². The average Bonchev–Trinajstić information content (AvgIpc) is 2.82. The fourth-order valence-electron chi connectivity index (χ4n) is 3.80. The Morgan fingerprint density at radius 1 is 1.09 bits per heavy atom. The van der Waals surface area contributed by atoms with Gasteiger partial charge in [-0.05, 0) is 67.7 Å². The van der Waals surface area contributed by atoms with Crippen molar-refractivity contribution in [1.29, 1.82) is 5.26 Å². The highest BCUT2D eigenvalue weighted by atomic mass is 19.4. The maximum absolute atomic E-state index is 12.9. The molecule has 0 spiro atoms. The van der Waals surface area contributed by atoms with Crippen LogP contribution in [-0.2, 0) is 17.5 Å². The van der Waals surface area contributed by atoms with Crippen LogP contribution < -0.4 is 16.4 Å². The fraction of sp³-hybridized carbons (Fsp3) is 0.375. The number of hydrogen-bond acceptors (Lipinski definition) is 5. The molecule has 34 heavy (non-hydrogen) atoms. The molecule has 2 amide bonds. The second-order valence-corrected chi connectivity index (χ2v) is 8.31. The summed E-state index contributed by atoms with van der Waals surface area (Å²) < 4.78 is 38.6. The molecule has 2 aromatic rings. The van der Waals surface area contributed by atoms with Crippen molar-refractivity contribution >= 4 is 17.5 Å². The molecule has 0 radical (unpaired) electrons. The first-order valence-electron chi connectivity index (χ1n) is 10.9. The minimum Gasteiger partial charge on any atom is -0.398 e. The molecule has 10 heteroatoms. The van der Waals surface area contributed by atoms with E-state index < -0.39 is 23.6 Å². The molecule has 0 unspecified atom stereocenters. The summed E-state index contributed by atoms with van der Waals surface area (Å²) in [5, 5.41) is 14.0. The number of nitriles is 1. The van der Waals surface area contributed by atoms with Gasteiger partial charge in [0.05, 0.1) is 29.3 Å². The molecule has 1 saturated heterocycles. The van der Waals surface area contributed by atoms with E-state index in [4.69, 9.17) is 11.0 Å². The molecule has 0 atom stereocenters. The van der Waals surface area contributed by atoms with E-state index >= 15 is 0 Å². The minimum atomic E-state index is -4.60. The topological polar surface area (TPSA) is 111 Å². The quantitative estimate of drug-likeness (QED) is 0.536. The Bertz CT molecular complexity index is 1060. The second kappa shape index (κ2) is 11.0. The average molecular weight is 473 g/mol. The Hall–Kier alpha value is -3.58. The fourth-order valence-corrected chi connectivity index (χ4v) is 3.80. The number of alkyl halides is 3. The number of amides is 2. The minimum absolute atomic E-state index is 0.0984. The molecule has 180 valence electrons. The lowest BCUT2D eigenvalue weighted by molar-refractivity contribution is -0.137. The number of carbonyl (C=O) groups is 2. The lowest BCUT2D eigenvalue weighted by atomic mass is 9.96. The number of nitrogens with two attached hydrogens (primary N) is 1. The van der Waals surface area contributed by atoms with E-state index in [2.05, 4.69) is 21.6 Å². The van der Waals surface area contributed by atoms with Gasteiger partial charge in [0.2, 0.25) is 5.91 Å². The molecule has 3 rings (SSSR count). The Balaban J connectivity index is 1.39. The molecule has 0 saturated carbocycles. The van der Waals surface area contributed by atoms with Gasteiger partial charge in [0, 0.05) is 18.8 Å². The SMILES string of the molecule is N#Cc1ccc(CN2CCC(CNC(=O)CNC(=O)c3cc(C(F)(F)F)ccc3N)CC2)cc1. The number of carbonyl (C=O) groups excluding carboxylic acids is 2. The largest absolute Gasteiger partial charge is 0.416 e. The van der Waals surface area contributed by atoms with E-state index in [-0.39, 0.29) is 17.8 Å². The van der Waals surface area contributed by atoms with Crippen LogP contribution in [0.2, 0.25) is 0 Å². The van der Waals surface area contributed by atoms with Crippen molar-refractivity contribution in [3.63, 3.8) is 0 Å². The van der Waals surface area contributed by atoms with Crippen molar-refractivity contribution in [2.45, 2.75) is 25.6 Å². The predicted molar refractivity (Wildman–Crippen MR) is 120 cm³/mol. The van der Waals surface area contributed by atoms with Crippen molar-refractivity contribution in [3.8, 4) is 6.07 Å². The number of nitrogen functional groups attached to an aromatic ring is 1. The molecule has 7 nitrogen and oxygen atoms in total. The standard InChI is InChI=1S/C24H26F3N5O2/c25-24(26,27)19-5-6-21(29)20(11-19)23(34)31-14-22(33)30-13-17-7-9-32(10-8-17)15-18-3-1-16(12-28)2-4-18/h1-6,11,17H,7-10,13-15,29H2,(H,30,33)(H,31,34). The Labute approximate surface area is 195 Å². The second-order valence-electron chi connectivity index (χ2n) is 8.31. The summed E-state index contributed by atoms with van der Waals surface area (Å²) in [6, 6.07) is 12.1. The van der Waals surface area contributed by atoms with Crippen LogP contribution in [0.3, 0.4) is 0 Å². The number of nitrogens with zero attached hydrogens (tertiary/aromatic N) is 2. The maximum atomic E-state index is 12.9. The molecular formula is C24H26F3N5O2. The zero-order valence-corrected chi connectivity index (χ0v) is 18.5. The number of anilines is 1. The highest BCUT2D eigenvalue weighted by molar-refractivity contribution is 6.00. The molecule has 1 aliphatic rings. The third kappa shape index (κ3) is 6.96. The third-order valence-electron chi connectivity index (χ3n) is 5.82. The highest BCUT2D eigenvalue weighted by Gasteiger charge is 2.31. The van der Waals surface area contributed by atoms with Crippen molar-refractivity contribution in [2.75, 3.05) is 31.9 Å². The van der Waals surface area contributed by atoms with Crippen LogP contribution in [0, 0.1) is 17.2 Å². The van der Waals surface area contributed by atoms with E-state index in [0.29, 0.717) is 24.1 Å². The van der Waals surface area contributed by atoms with Gasteiger partial charge in [-0.15, -0.1) is 0 Å². The summed E-state index contributed by atoms with van der Waals surface area (Å²) in [6.07, 6.45) is -2.79. The molecule has 0 aromatic heterocycles. The third-order valence-corrected chi connectivity index (χ3v) is 5.82. The number of halogens is 3. The highest BCUT2D eigenvalue weighted by Crippen LogP contribution is 2.31. The molecule has 0 aliphatic carbocycles. The lowest BCUT2D eigenvalue weighted by Gasteiger charge is -2.32. The molecule has 1 fully saturated rings. The summed E-state index contributed by atoms with van der Waals surface area (Å²) in [4.78, 5) is 26.7. The first kappa shape index (κ1) is 25.1. The number of rotatable bonds is 7. The Morgan fingerprint density at radius 3 is 2.38 bits per heavy atom. The summed E-state index contributed by atoms with van der Waals surface area (Å²) in [6.45, 7) is 2.67. The number of piperidine rings is 1. The summed E-state index contributed by atoms with van der Waals surface area (Å²) in [5.41, 5.74) is 5.99. The Kier molecular flexibility index (Phi) is 8.12. The van der Waals surface area contributed by atoms with Crippen molar-refractivity contribution < 1.29 is 22.8 Å².